The molecule has 0 amide bonds. The van der Waals surface area contributed by atoms with Gasteiger partial charge in [0.1, 0.15) is 6.15 Å². The van der Waals surface area contributed by atoms with Gasteiger partial charge >= 0.3 is 0 Å². The Labute approximate surface area is 285 Å². The van der Waals surface area contributed by atoms with Crippen LogP contribution in [0.2, 0.25) is 10.0 Å². The topological polar surface area (TPSA) is 0 Å². The maximum absolute atomic E-state index is 6.01. The van der Waals surface area contributed by atoms with Gasteiger partial charge in [-0.15, -0.1) is 0 Å². The van der Waals surface area contributed by atoms with Crippen molar-refractivity contribution in [3.63, 3.8) is 0 Å². The molecule has 0 aromatic heterocycles. The molecule has 0 bridgehead atoms. The average molecular weight is 652 g/mol. The molecule has 0 atom stereocenters. The third-order valence-corrected chi connectivity index (χ3v) is 11.0. The van der Waals surface area contributed by atoms with Crippen LogP contribution in [0.15, 0.2) is 215 Å². The molecule has 7 rings (SSSR count). The quantitative estimate of drug-likeness (QED) is 0.119. The standard InChI is InChI=1S/C24H20B.C18H13Cl2S/c1-5-13-21(14-6-1)25(22-15-7-2-8-16-22,23-17-9-3-10-18-23)24-19-11-4-12-20-24;19-14-6-10-17(11-7-14)21(16-4-2-1-3-5-16)18-12-8-15(20)9-13-18/h1-20H;1-13H/q-1;+1. The molecule has 0 aliphatic heterocycles. The second-order valence-corrected chi connectivity index (χ2v) is 13.9. The van der Waals surface area contributed by atoms with Crippen molar-refractivity contribution in [3.8, 4) is 0 Å². The lowest BCUT2D eigenvalue weighted by Gasteiger charge is -2.44. The van der Waals surface area contributed by atoms with E-state index in [-0.39, 0.29) is 10.9 Å². The molecule has 0 nitrogen and oxygen atoms in total. The van der Waals surface area contributed by atoms with E-state index in [2.05, 4.69) is 170 Å². The van der Waals surface area contributed by atoms with E-state index in [1.807, 2.05) is 30.3 Å². The number of hydrogen-bond donors (Lipinski definition) is 0. The fourth-order valence-electron chi connectivity index (χ4n) is 6.23. The molecule has 0 fully saturated rings. The van der Waals surface area contributed by atoms with Crippen LogP contribution < -0.4 is 21.9 Å². The van der Waals surface area contributed by atoms with Crippen molar-refractivity contribution in [2.24, 2.45) is 0 Å². The highest BCUT2D eigenvalue weighted by atomic mass is 35.5. The first-order chi connectivity index (χ1) is 22.7. The number of hydrogen-bond acceptors (Lipinski definition) is 0. The van der Waals surface area contributed by atoms with Crippen molar-refractivity contribution < 1.29 is 0 Å². The van der Waals surface area contributed by atoms with E-state index in [9.17, 15) is 0 Å². The molecule has 0 N–H and O–H groups in total. The molecule has 0 aliphatic rings. The normalized spacial score (nSPS) is 11.0. The maximum atomic E-state index is 6.01. The molecule has 7 aromatic carbocycles. The molecule has 4 heteroatoms. The lowest BCUT2D eigenvalue weighted by molar-refractivity contribution is 1.32. The summed E-state index contributed by atoms with van der Waals surface area (Å²) >= 11 is 12.0. The molecule has 46 heavy (non-hydrogen) atoms. The first kappa shape index (κ1) is 31.5. The molecule has 0 radical (unpaired) electrons. The minimum Gasteiger partial charge on any atom is -0.195 e. The van der Waals surface area contributed by atoms with Crippen molar-refractivity contribution in [2.75, 3.05) is 0 Å². The van der Waals surface area contributed by atoms with Crippen molar-refractivity contribution in [2.45, 2.75) is 14.7 Å². The Morgan fingerprint density at radius 1 is 0.283 bits per heavy atom. The summed E-state index contributed by atoms with van der Waals surface area (Å²) in [6.45, 7) is 0. The SMILES string of the molecule is Clc1ccc([S+](c2ccccc2)c2ccc(Cl)cc2)cc1.c1ccc([B-](c2ccccc2)(c2ccccc2)c2ccccc2)cc1. The molecule has 7 aromatic rings. The van der Waals surface area contributed by atoms with Crippen LogP contribution in [0, 0.1) is 0 Å². The smallest absolute Gasteiger partial charge is 0.166 e. The van der Waals surface area contributed by atoms with Gasteiger partial charge in [-0.1, -0.05) is 163 Å². The fourth-order valence-corrected chi connectivity index (χ4v) is 8.54. The maximum Gasteiger partial charge on any atom is 0.166 e. The molecule has 0 saturated carbocycles. The summed E-state index contributed by atoms with van der Waals surface area (Å²) in [4.78, 5) is 3.77. The Kier molecular flexibility index (Phi) is 10.4. The van der Waals surface area contributed by atoms with Gasteiger partial charge in [0.25, 0.3) is 0 Å². The predicted molar refractivity (Wildman–Crippen MR) is 202 cm³/mol. The molecule has 0 aliphatic carbocycles. The molecular weight excluding hydrogens is 618 g/mol. The van der Waals surface area contributed by atoms with Gasteiger partial charge in [0, 0.05) is 10.0 Å². The van der Waals surface area contributed by atoms with Gasteiger partial charge in [-0.25, -0.2) is 0 Å². The summed E-state index contributed by atoms with van der Waals surface area (Å²) in [5.41, 5.74) is 5.36. The van der Waals surface area contributed by atoms with Gasteiger partial charge in [0.05, 0.1) is 10.9 Å². The van der Waals surface area contributed by atoms with E-state index >= 15 is 0 Å². The Morgan fingerprint density at radius 3 is 0.804 bits per heavy atom. The lowest BCUT2D eigenvalue weighted by atomic mass is 9.13. The first-order valence-corrected chi connectivity index (χ1v) is 17.3. The van der Waals surface area contributed by atoms with Gasteiger partial charge in [-0.3, -0.25) is 0 Å². The molecule has 0 saturated heterocycles. The summed E-state index contributed by atoms with van der Waals surface area (Å²) in [6.07, 6.45) is -1.22. The second kappa shape index (κ2) is 15.2. The average Bonchev–Trinajstić information content (AvgIpc) is 3.13. The zero-order chi connectivity index (χ0) is 31.6. The zero-order valence-corrected chi connectivity index (χ0v) is 27.6. The molecule has 0 heterocycles. The number of halogens is 2. The largest absolute Gasteiger partial charge is 0.195 e. The summed E-state index contributed by atoms with van der Waals surface area (Å²) in [7, 11) is -0.148. The van der Waals surface area contributed by atoms with E-state index in [0.29, 0.717) is 0 Å². The lowest BCUT2D eigenvalue weighted by Crippen LogP contribution is -2.74. The highest BCUT2D eigenvalue weighted by Crippen LogP contribution is 2.32. The van der Waals surface area contributed by atoms with Crippen LogP contribution >= 0.6 is 23.2 Å². The molecule has 0 unspecified atom stereocenters. The van der Waals surface area contributed by atoms with Crippen LogP contribution in [-0.2, 0) is 10.9 Å². The highest BCUT2D eigenvalue weighted by Gasteiger charge is 2.31. The minimum absolute atomic E-state index is 0.148. The Balaban J connectivity index is 0.000000164. The van der Waals surface area contributed by atoms with E-state index in [1.54, 1.807) is 0 Å². The van der Waals surface area contributed by atoms with E-state index < -0.39 is 6.15 Å². The Morgan fingerprint density at radius 2 is 0.522 bits per heavy atom. The van der Waals surface area contributed by atoms with Gasteiger partial charge in [0.15, 0.2) is 14.7 Å². The van der Waals surface area contributed by atoms with E-state index in [1.165, 1.54) is 36.5 Å². The fraction of sp³-hybridized carbons (Fsp3) is 0. The summed E-state index contributed by atoms with van der Waals surface area (Å²) in [5.74, 6) is 0. The highest BCUT2D eigenvalue weighted by molar-refractivity contribution is 7.97. The second-order valence-electron chi connectivity index (χ2n) is 11.0. The Bertz CT molecular complexity index is 1710. The zero-order valence-electron chi connectivity index (χ0n) is 25.3. The Hall–Kier alpha value is -4.47. The van der Waals surface area contributed by atoms with Crippen LogP contribution in [0.5, 0.6) is 0 Å². The van der Waals surface area contributed by atoms with Gasteiger partial charge in [0.2, 0.25) is 0 Å². The monoisotopic (exact) mass is 650 g/mol. The molecule has 0 spiro atoms. The number of rotatable bonds is 7. The van der Waals surface area contributed by atoms with Crippen LogP contribution in [0.1, 0.15) is 0 Å². The summed E-state index contributed by atoms with van der Waals surface area (Å²) in [6, 6.07) is 70.1. The first-order valence-electron chi connectivity index (χ1n) is 15.3. The van der Waals surface area contributed by atoms with Crippen molar-refractivity contribution in [3.05, 3.63) is 210 Å². The van der Waals surface area contributed by atoms with Crippen LogP contribution in [0.4, 0.5) is 0 Å². The van der Waals surface area contributed by atoms with Gasteiger partial charge in [-0.2, -0.15) is 21.9 Å². The number of benzene rings is 7. The summed E-state index contributed by atoms with van der Waals surface area (Å²) in [5, 5.41) is 1.51. The van der Waals surface area contributed by atoms with Crippen molar-refractivity contribution in [1.82, 2.24) is 0 Å². The van der Waals surface area contributed by atoms with E-state index in [4.69, 9.17) is 23.2 Å². The van der Waals surface area contributed by atoms with E-state index in [0.717, 1.165) is 10.0 Å². The van der Waals surface area contributed by atoms with Crippen LogP contribution in [0.25, 0.3) is 0 Å². The summed E-state index contributed by atoms with van der Waals surface area (Å²) < 4.78 is 0. The minimum atomic E-state index is -1.22. The predicted octanol–water partition coefficient (Wildman–Crippen LogP) is 9.15. The van der Waals surface area contributed by atoms with Gasteiger partial charge < -0.3 is 0 Å². The van der Waals surface area contributed by atoms with Crippen molar-refractivity contribution in [1.29, 1.82) is 0 Å². The third kappa shape index (κ3) is 7.01. The molecular formula is C42H33BCl2S. The third-order valence-electron chi connectivity index (χ3n) is 8.28. The van der Waals surface area contributed by atoms with Crippen molar-refractivity contribution >= 4 is 62.1 Å². The van der Waals surface area contributed by atoms with Crippen LogP contribution in [0.3, 0.4) is 0 Å². The molecule has 224 valence electrons. The van der Waals surface area contributed by atoms with Crippen LogP contribution in [-0.4, -0.2) is 6.15 Å². The van der Waals surface area contributed by atoms with Gasteiger partial charge in [-0.05, 0) is 60.7 Å².